The summed E-state index contributed by atoms with van der Waals surface area (Å²) in [7, 11) is -2.19. The number of hydrogen-bond acceptors (Lipinski definition) is 4. The first-order valence-corrected chi connectivity index (χ1v) is 11.9. The van der Waals surface area contributed by atoms with Gasteiger partial charge in [0.25, 0.3) is 0 Å². The molecule has 4 aromatic rings. The second kappa shape index (κ2) is 9.98. The number of aromatic hydroxyl groups is 1. The second-order valence-electron chi connectivity index (χ2n) is 7.98. The predicted octanol–water partition coefficient (Wildman–Crippen LogP) is 5.06. The molecule has 33 heavy (non-hydrogen) atoms. The summed E-state index contributed by atoms with van der Waals surface area (Å²) in [6, 6.07) is 22.4. The van der Waals surface area contributed by atoms with Crippen LogP contribution in [0.2, 0.25) is 0 Å². The van der Waals surface area contributed by atoms with Gasteiger partial charge in [-0.25, -0.2) is 8.42 Å². The van der Waals surface area contributed by atoms with Crippen LogP contribution in [0.5, 0.6) is 5.75 Å². The van der Waals surface area contributed by atoms with E-state index in [2.05, 4.69) is 60.2 Å². The fraction of sp³-hybridized carbons (Fsp3) is 0.148. The van der Waals surface area contributed by atoms with E-state index in [-0.39, 0.29) is 4.90 Å². The van der Waals surface area contributed by atoms with Crippen molar-refractivity contribution in [2.75, 3.05) is 0 Å². The number of rotatable bonds is 3. The standard InChI is InChI=1S/C20H19NO.C7H8O3S/c1-14-12-16(13-15(2)20(14)22)8-10-18-11-9-17-6-4-5-7-19(17)21(18)3;1-6-2-4-7(5-3-6)11(8,9)10/h4-13H,1-3H3;2-5H,1H3,(H,8,9,10). The maximum Gasteiger partial charge on any atom is 0.212 e. The van der Waals surface area contributed by atoms with Gasteiger partial charge in [-0.15, -0.1) is 0 Å². The van der Waals surface area contributed by atoms with Crippen LogP contribution in [0, 0.1) is 20.8 Å². The highest BCUT2D eigenvalue weighted by Crippen LogP contribution is 2.24. The number of phenolic OH excluding ortho intramolecular Hbond substituents is 1. The van der Waals surface area contributed by atoms with E-state index in [0.29, 0.717) is 5.75 Å². The molecule has 3 aromatic carbocycles. The number of aryl methyl sites for hydroxylation is 4. The Bertz CT molecular complexity index is 1400. The highest BCUT2D eigenvalue weighted by molar-refractivity contribution is 7.85. The summed E-state index contributed by atoms with van der Waals surface area (Å²) in [5, 5.41) is 11.1. The largest absolute Gasteiger partial charge is 0.744 e. The number of para-hydroxylation sites is 1. The van der Waals surface area contributed by atoms with E-state index in [4.69, 9.17) is 0 Å². The first-order valence-electron chi connectivity index (χ1n) is 10.4. The molecule has 0 aliphatic heterocycles. The van der Waals surface area contributed by atoms with E-state index in [9.17, 15) is 18.1 Å². The minimum Gasteiger partial charge on any atom is -0.744 e. The molecular weight excluding hydrogens is 434 g/mol. The zero-order chi connectivity index (χ0) is 24.2. The van der Waals surface area contributed by atoms with Gasteiger partial charge in [-0.05, 0) is 79.9 Å². The van der Waals surface area contributed by atoms with E-state index in [1.165, 1.54) is 23.0 Å². The van der Waals surface area contributed by atoms with Crippen molar-refractivity contribution < 1.29 is 22.6 Å². The molecule has 0 fully saturated rings. The molecule has 0 bridgehead atoms. The van der Waals surface area contributed by atoms with Gasteiger partial charge in [0.2, 0.25) is 11.2 Å². The van der Waals surface area contributed by atoms with Crippen LogP contribution >= 0.6 is 0 Å². The maximum atomic E-state index is 10.4. The van der Waals surface area contributed by atoms with Gasteiger partial charge < -0.3 is 9.66 Å². The van der Waals surface area contributed by atoms with E-state index in [1.807, 2.05) is 32.9 Å². The molecule has 0 saturated heterocycles. The summed E-state index contributed by atoms with van der Waals surface area (Å²) in [4.78, 5) is -0.178. The number of fused-ring (bicyclic) bond motifs is 1. The van der Waals surface area contributed by atoms with Crippen LogP contribution in [0.25, 0.3) is 23.1 Å². The minimum atomic E-state index is -4.27. The fourth-order valence-electron chi connectivity index (χ4n) is 3.50. The summed E-state index contributed by atoms with van der Waals surface area (Å²) in [5.41, 5.74) is 6.19. The van der Waals surface area contributed by atoms with Crippen molar-refractivity contribution in [3.05, 3.63) is 101 Å². The minimum absolute atomic E-state index is 0.178. The van der Waals surface area contributed by atoms with Crippen molar-refractivity contribution >= 4 is 33.2 Å². The first kappa shape index (κ1) is 24.2. The zero-order valence-electron chi connectivity index (χ0n) is 19.1. The van der Waals surface area contributed by atoms with E-state index >= 15 is 0 Å². The molecule has 0 aliphatic rings. The summed E-state index contributed by atoms with van der Waals surface area (Å²) in [6.07, 6.45) is 4.20. The molecule has 0 atom stereocenters. The van der Waals surface area contributed by atoms with Gasteiger partial charge in [0.1, 0.15) is 22.9 Å². The summed E-state index contributed by atoms with van der Waals surface area (Å²) >= 11 is 0. The van der Waals surface area contributed by atoms with Crippen molar-refractivity contribution in [1.82, 2.24) is 0 Å². The zero-order valence-corrected chi connectivity index (χ0v) is 19.9. The lowest BCUT2D eigenvalue weighted by Crippen LogP contribution is -2.32. The third-order valence-corrected chi connectivity index (χ3v) is 6.24. The highest BCUT2D eigenvalue weighted by Gasteiger charge is 2.08. The number of benzene rings is 3. The molecule has 0 aliphatic carbocycles. The van der Waals surface area contributed by atoms with Crippen LogP contribution in [0.4, 0.5) is 0 Å². The average molecular weight is 462 g/mol. The van der Waals surface area contributed by atoms with Crippen LogP contribution in [0.1, 0.15) is 27.9 Å². The molecule has 0 radical (unpaired) electrons. The number of pyridine rings is 1. The SMILES string of the molecule is Cc1cc(C=Cc2ccc3ccccc3[n+]2C)cc(C)c1O.Cc1ccc(S(=O)(=O)[O-])cc1. The molecule has 5 nitrogen and oxygen atoms in total. The van der Waals surface area contributed by atoms with Crippen molar-refractivity contribution in [2.45, 2.75) is 25.7 Å². The smallest absolute Gasteiger partial charge is 0.212 e. The Hall–Kier alpha value is -3.48. The third-order valence-electron chi connectivity index (χ3n) is 5.39. The highest BCUT2D eigenvalue weighted by atomic mass is 32.2. The molecule has 6 heteroatoms. The Labute approximate surface area is 195 Å². The van der Waals surface area contributed by atoms with Crippen LogP contribution in [0.15, 0.2) is 77.7 Å². The number of aromatic nitrogens is 1. The van der Waals surface area contributed by atoms with Crippen molar-refractivity contribution in [3.63, 3.8) is 0 Å². The lowest BCUT2D eigenvalue weighted by molar-refractivity contribution is -0.646. The quantitative estimate of drug-likeness (QED) is 0.342. The summed E-state index contributed by atoms with van der Waals surface area (Å²) in [6.45, 7) is 5.67. The molecule has 1 aromatic heterocycles. The molecule has 4 rings (SSSR count). The molecule has 0 amide bonds. The summed E-state index contributed by atoms with van der Waals surface area (Å²) in [5.74, 6) is 0.383. The Morgan fingerprint density at radius 1 is 0.848 bits per heavy atom. The first-order chi connectivity index (χ1) is 15.6. The molecule has 0 unspecified atom stereocenters. The van der Waals surface area contributed by atoms with Gasteiger partial charge >= 0.3 is 0 Å². The predicted molar refractivity (Wildman–Crippen MR) is 131 cm³/mol. The van der Waals surface area contributed by atoms with Gasteiger partial charge in [-0.2, -0.15) is 4.57 Å². The van der Waals surface area contributed by atoms with Gasteiger partial charge in [0.05, 0.1) is 4.90 Å². The topological polar surface area (TPSA) is 81.3 Å². The molecular formula is C27H27NO4S. The van der Waals surface area contributed by atoms with Crippen LogP contribution in [-0.4, -0.2) is 18.1 Å². The lowest BCUT2D eigenvalue weighted by atomic mass is 10.0. The Kier molecular flexibility index (Phi) is 7.31. The second-order valence-corrected chi connectivity index (χ2v) is 9.36. The molecule has 170 valence electrons. The van der Waals surface area contributed by atoms with Crippen LogP contribution < -0.4 is 4.57 Å². The molecule has 0 spiro atoms. The molecule has 0 saturated carbocycles. The average Bonchev–Trinajstić information content (AvgIpc) is 2.77. The number of phenols is 1. The molecule has 1 heterocycles. The van der Waals surface area contributed by atoms with Crippen molar-refractivity contribution in [2.24, 2.45) is 7.05 Å². The number of nitrogens with zero attached hydrogens (tertiary/aromatic N) is 1. The normalized spacial score (nSPS) is 11.4. The van der Waals surface area contributed by atoms with Crippen LogP contribution in [0.3, 0.4) is 0 Å². The monoisotopic (exact) mass is 461 g/mol. The lowest BCUT2D eigenvalue weighted by Gasteiger charge is -2.05. The maximum absolute atomic E-state index is 10.4. The number of hydrogen-bond donors (Lipinski definition) is 1. The van der Waals surface area contributed by atoms with Gasteiger partial charge in [-0.3, -0.25) is 0 Å². The molecule has 1 N–H and O–H groups in total. The Morgan fingerprint density at radius 3 is 2.06 bits per heavy atom. The van der Waals surface area contributed by atoms with Crippen molar-refractivity contribution in [3.8, 4) is 5.75 Å². The van der Waals surface area contributed by atoms with E-state index in [0.717, 1.165) is 27.9 Å². The van der Waals surface area contributed by atoms with Crippen molar-refractivity contribution in [1.29, 1.82) is 0 Å². The Balaban J connectivity index is 0.000000235. The van der Waals surface area contributed by atoms with Gasteiger partial charge in [0.15, 0.2) is 0 Å². The van der Waals surface area contributed by atoms with Gasteiger partial charge in [-0.1, -0.05) is 29.8 Å². The third kappa shape index (κ3) is 6.06. The fourth-order valence-corrected chi connectivity index (χ4v) is 3.97. The van der Waals surface area contributed by atoms with Gasteiger partial charge in [0, 0.05) is 23.6 Å². The summed E-state index contributed by atoms with van der Waals surface area (Å²) < 4.78 is 33.4. The van der Waals surface area contributed by atoms with E-state index < -0.39 is 10.1 Å². The van der Waals surface area contributed by atoms with E-state index in [1.54, 1.807) is 12.1 Å². The Morgan fingerprint density at radius 2 is 1.45 bits per heavy atom. The van der Waals surface area contributed by atoms with Crippen LogP contribution in [-0.2, 0) is 17.2 Å².